The Labute approximate surface area is 125 Å². The summed E-state index contributed by atoms with van der Waals surface area (Å²) in [4.78, 5) is 18.4. The Bertz CT molecular complexity index is 596. The predicted octanol–water partition coefficient (Wildman–Crippen LogP) is 3.66. The zero-order chi connectivity index (χ0) is 15.6. The number of benzene rings is 1. The van der Waals surface area contributed by atoms with Gasteiger partial charge in [-0.1, -0.05) is 13.8 Å². The summed E-state index contributed by atoms with van der Waals surface area (Å²) in [5.41, 5.74) is 2.02. The number of carbonyl (C=O) groups is 1. The van der Waals surface area contributed by atoms with Gasteiger partial charge >= 0.3 is 0 Å². The molecule has 4 heteroatoms. The minimum Gasteiger partial charge on any atom is -0.511 e. The van der Waals surface area contributed by atoms with Gasteiger partial charge in [-0.05, 0) is 29.7 Å². The number of aliphatic imine (C=N–C) groups is 1. The van der Waals surface area contributed by atoms with Crippen LogP contribution in [0.4, 0.5) is 11.4 Å². The van der Waals surface area contributed by atoms with E-state index >= 15 is 0 Å². The largest absolute Gasteiger partial charge is 0.511 e. The van der Waals surface area contributed by atoms with Crippen molar-refractivity contribution in [3.63, 3.8) is 0 Å². The van der Waals surface area contributed by atoms with Crippen LogP contribution in [-0.2, 0) is 4.79 Å². The van der Waals surface area contributed by atoms with Gasteiger partial charge in [0.05, 0.1) is 11.3 Å². The molecule has 1 aliphatic carbocycles. The third-order valence-corrected chi connectivity index (χ3v) is 3.61. The van der Waals surface area contributed by atoms with E-state index < -0.39 is 0 Å². The van der Waals surface area contributed by atoms with Crippen LogP contribution in [0.5, 0.6) is 0 Å². The number of Topliss-reactive ketones (excluding diaryl/α,β-unsaturated/α-hetero) is 1. The maximum Gasteiger partial charge on any atom is 0.168 e. The van der Waals surface area contributed by atoms with E-state index in [9.17, 15) is 9.90 Å². The Hall–Kier alpha value is -2.10. The molecule has 0 fully saturated rings. The van der Waals surface area contributed by atoms with Crippen LogP contribution >= 0.6 is 0 Å². The zero-order valence-electron chi connectivity index (χ0n) is 13.1. The Morgan fingerprint density at radius 2 is 1.81 bits per heavy atom. The van der Waals surface area contributed by atoms with E-state index in [1.807, 2.05) is 57.1 Å². The normalized spacial score (nSPS) is 18.4. The highest BCUT2D eigenvalue weighted by molar-refractivity contribution is 6.14. The molecule has 0 spiro atoms. The summed E-state index contributed by atoms with van der Waals surface area (Å²) in [6, 6.07) is 7.71. The number of rotatable bonds is 3. The topological polar surface area (TPSA) is 52.9 Å². The molecule has 1 aliphatic rings. The molecule has 0 saturated carbocycles. The van der Waals surface area contributed by atoms with Crippen LogP contribution in [0.3, 0.4) is 0 Å². The SMILES string of the molecule is CN(C)c1ccc(N=CC2=C(O)CC(C)(C)CC2=O)cc1. The maximum absolute atomic E-state index is 12.1. The van der Waals surface area contributed by atoms with Gasteiger partial charge in [0.1, 0.15) is 5.76 Å². The molecule has 0 radical (unpaired) electrons. The summed E-state index contributed by atoms with van der Waals surface area (Å²) in [6.45, 7) is 3.96. The van der Waals surface area contributed by atoms with Crippen LogP contribution in [0.1, 0.15) is 26.7 Å². The quantitative estimate of drug-likeness (QED) is 0.863. The van der Waals surface area contributed by atoms with Crippen molar-refractivity contribution in [3.05, 3.63) is 35.6 Å². The van der Waals surface area contributed by atoms with Crippen LogP contribution < -0.4 is 4.90 Å². The Balaban J connectivity index is 2.19. The van der Waals surface area contributed by atoms with E-state index in [1.54, 1.807) is 0 Å². The monoisotopic (exact) mass is 286 g/mol. The maximum atomic E-state index is 12.1. The highest BCUT2D eigenvalue weighted by Crippen LogP contribution is 2.35. The predicted molar refractivity (Wildman–Crippen MR) is 86.6 cm³/mol. The van der Waals surface area contributed by atoms with Crippen molar-refractivity contribution in [1.29, 1.82) is 0 Å². The van der Waals surface area contributed by atoms with E-state index in [4.69, 9.17) is 0 Å². The van der Waals surface area contributed by atoms with Crippen molar-refractivity contribution in [2.24, 2.45) is 10.4 Å². The number of ketones is 1. The molecule has 1 aromatic carbocycles. The second-order valence-electron chi connectivity index (χ2n) is 6.47. The molecule has 0 amide bonds. The Morgan fingerprint density at radius 1 is 1.19 bits per heavy atom. The fraction of sp³-hybridized carbons (Fsp3) is 0.412. The van der Waals surface area contributed by atoms with Crippen LogP contribution in [0.15, 0.2) is 40.6 Å². The van der Waals surface area contributed by atoms with Gasteiger partial charge in [-0.2, -0.15) is 0 Å². The molecule has 0 unspecified atom stereocenters. The highest BCUT2D eigenvalue weighted by atomic mass is 16.3. The van der Waals surface area contributed by atoms with Crippen LogP contribution in [-0.4, -0.2) is 31.2 Å². The van der Waals surface area contributed by atoms with Gasteiger partial charge in [-0.15, -0.1) is 0 Å². The van der Waals surface area contributed by atoms with Gasteiger partial charge in [0.25, 0.3) is 0 Å². The lowest BCUT2D eigenvalue weighted by molar-refractivity contribution is -0.117. The number of aliphatic hydroxyl groups is 1. The first-order chi connectivity index (χ1) is 9.78. The molecule has 4 nitrogen and oxygen atoms in total. The summed E-state index contributed by atoms with van der Waals surface area (Å²) >= 11 is 0. The summed E-state index contributed by atoms with van der Waals surface area (Å²) in [7, 11) is 3.95. The molecule has 21 heavy (non-hydrogen) atoms. The number of hydrogen-bond donors (Lipinski definition) is 1. The van der Waals surface area contributed by atoms with E-state index in [0.29, 0.717) is 18.4 Å². The standard InChI is InChI=1S/C17H22N2O2/c1-17(2)9-15(20)14(16(21)10-17)11-18-12-5-7-13(8-6-12)19(3)4/h5-8,11,20H,9-10H2,1-4H3. The molecule has 2 rings (SSSR count). The first-order valence-corrected chi connectivity index (χ1v) is 7.05. The molecule has 1 N–H and O–H groups in total. The fourth-order valence-corrected chi connectivity index (χ4v) is 2.42. The third kappa shape index (κ3) is 3.72. The molecular formula is C17H22N2O2. The van der Waals surface area contributed by atoms with Crippen LogP contribution in [0.2, 0.25) is 0 Å². The molecule has 1 aromatic rings. The van der Waals surface area contributed by atoms with Gasteiger partial charge in [0.2, 0.25) is 0 Å². The number of allylic oxidation sites excluding steroid dienone is 2. The molecular weight excluding hydrogens is 264 g/mol. The molecule has 0 atom stereocenters. The van der Waals surface area contributed by atoms with Gasteiger partial charge in [-0.3, -0.25) is 9.79 Å². The van der Waals surface area contributed by atoms with Gasteiger partial charge in [0.15, 0.2) is 5.78 Å². The molecule has 0 saturated heterocycles. The number of nitrogens with zero attached hydrogens (tertiary/aromatic N) is 2. The second-order valence-corrected chi connectivity index (χ2v) is 6.47. The lowest BCUT2D eigenvalue weighted by atomic mass is 9.77. The number of anilines is 1. The summed E-state index contributed by atoms with van der Waals surface area (Å²) < 4.78 is 0. The number of carbonyl (C=O) groups excluding carboxylic acids is 1. The second kappa shape index (κ2) is 5.72. The molecule has 112 valence electrons. The summed E-state index contributed by atoms with van der Waals surface area (Å²) in [5, 5.41) is 10.0. The zero-order valence-corrected chi connectivity index (χ0v) is 13.1. The molecule has 0 bridgehead atoms. The first-order valence-electron chi connectivity index (χ1n) is 7.05. The van der Waals surface area contributed by atoms with E-state index in [0.717, 1.165) is 11.4 Å². The minimum absolute atomic E-state index is 0.0441. The molecule has 0 aromatic heterocycles. The van der Waals surface area contributed by atoms with Crippen molar-refractivity contribution in [2.45, 2.75) is 26.7 Å². The van der Waals surface area contributed by atoms with Crippen molar-refractivity contribution in [3.8, 4) is 0 Å². The van der Waals surface area contributed by atoms with Gasteiger partial charge in [0, 0.05) is 38.8 Å². The number of hydrogen-bond acceptors (Lipinski definition) is 4. The first kappa shape index (κ1) is 15.3. The molecule has 0 heterocycles. The fourth-order valence-electron chi connectivity index (χ4n) is 2.42. The Morgan fingerprint density at radius 3 is 2.33 bits per heavy atom. The van der Waals surface area contributed by atoms with Crippen molar-refractivity contribution in [2.75, 3.05) is 19.0 Å². The smallest absolute Gasteiger partial charge is 0.168 e. The summed E-state index contributed by atoms with van der Waals surface area (Å²) in [6.07, 6.45) is 2.44. The van der Waals surface area contributed by atoms with Gasteiger partial charge in [-0.25, -0.2) is 0 Å². The van der Waals surface area contributed by atoms with Crippen LogP contribution in [0.25, 0.3) is 0 Å². The van der Waals surface area contributed by atoms with E-state index in [-0.39, 0.29) is 17.0 Å². The van der Waals surface area contributed by atoms with Gasteiger partial charge < -0.3 is 10.0 Å². The van der Waals surface area contributed by atoms with E-state index in [1.165, 1.54) is 6.21 Å². The van der Waals surface area contributed by atoms with E-state index in [2.05, 4.69) is 4.99 Å². The average molecular weight is 286 g/mol. The average Bonchev–Trinajstić information content (AvgIpc) is 2.36. The highest BCUT2D eigenvalue weighted by Gasteiger charge is 2.32. The van der Waals surface area contributed by atoms with Crippen molar-refractivity contribution in [1.82, 2.24) is 0 Å². The van der Waals surface area contributed by atoms with Crippen molar-refractivity contribution < 1.29 is 9.90 Å². The minimum atomic E-state index is -0.175. The molecule has 0 aliphatic heterocycles. The van der Waals surface area contributed by atoms with Crippen molar-refractivity contribution >= 4 is 23.4 Å². The lowest BCUT2D eigenvalue weighted by Gasteiger charge is -2.28. The van der Waals surface area contributed by atoms with Crippen LogP contribution in [0, 0.1) is 5.41 Å². The third-order valence-electron chi connectivity index (χ3n) is 3.61. The Kier molecular flexibility index (Phi) is 4.16. The lowest BCUT2D eigenvalue weighted by Crippen LogP contribution is -2.26. The number of aliphatic hydroxyl groups excluding tert-OH is 1. The summed E-state index contributed by atoms with van der Waals surface area (Å²) in [5.74, 6) is 0.0994.